The molecule has 0 spiro atoms. The highest BCUT2D eigenvalue weighted by molar-refractivity contribution is 7.92. The molecule has 2 aromatic rings. The summed E-state index contributed by atoms with van der Waals surface area (Å²) < 4.78 is 44.3. The van der Waals surface area contributed by atoms with Gasteiger partial charge in [-0.15, -0.1) is 0 Å². The standard InChI is InChI=1S/C22H28FN3O4S2/c1-22(2,3)20(27)30-14-19(16-8-6-5-7-9-16)25-21(31)24-13-15-10-11-18(17(23)12-15)26-32(4,28)29/h5-12,19,26H,13-14H2,1-4H3,(H2,24,25,31)/t19-/m0/s1. The van der Waals surface area contributed by atoms with Gasteiger partial charge in [-0.1, -0.05) is 36.4 Å². The molecule has 10 heteroatoms. The average Bonchev–Trinajstić information content (AvgIpc) is 2.70. The molecule has 0 aliphatic rings. The highest BCUT2D eigenvalue weighted by atomic mass is 32.2. The second kappa shape index (κ2) is 10.7. The number of sulfonamides is 1. The zero-order chi connectivity index (χ0) is 23.9. The monoisotopic (exact) mass is 481 g/mol. The zero-order valence-corrected chi connectivity index (χ0v) is 20.1. The van der Waals surface area contributed by atoms with E-state index in [4.69, 9.17) is 17.0 Å². The number of nitrogens with one attached hydrogen (secondary N) is 3. The second-order valence-electron chi connectivity index (χ2n) is 8.33. The minimum Gasteiger partial charge on any atom is -0.463 e. The maximum atomic E-state index is 14.2. The summed E-state index contributed by atoms with van der Waals surface area (Å²) in [5.74, 6) is -1.01. The van der Waals surface area contributed by atoms with Crippen LogP contribution >= 0.6 is 12.2 Å². The third kappa shape index (κ3) is 8.43. The van der Waals surface area contributed by atoms with Gasteiger partial charge in [-0.25, -0.2) is 12.8 Å². The van der Waals surface area contributed by atoms with Gasteiger partial charge in [0.2, 0.25) is 10.0 Å². The minimum atomic E-state index is -3.57. The molecule has 1 atom stereocenters. The molecule has 0 aliphatic carbocycles. The van der Waals surface area contributed by atoms with Crippen LogP contribution in [0.1, 0.15) is 37.9 Å². The Labute approximate surface area is 193 Å². The number of thiocarbonyl (C=S) groups is 1. The number of rotatable bonds is 8. The Morgan fingerprint density at radius 1 is 1.16 bits per heavy atom. The highest BCUT2D eigenvalue weighted by Gasteiger charge is 2.25. The van der Waals surface area contributed by atoms with Gasteiger partial charge in [0.15, 0.2) is 5.11 Å². The van der Waals surface area contributed by atoms with E-state index in [0.717, 1.165) is 11.8 Å². The fourth-order valence-electron chi connectivity index (χ4n) is 2.62. The Bertz CT molecular complexity index is 1050. The van der Waals surface area contributed by atoms with Gasteiger partial charge in [0, 0.05) is 6.54 Å². The maximum absolute atomic E-state index is 14.2. The molecular weight excluding hydrogens is 453 g/mol. The molecule has 0 bridgehead atoms. The summed E-state index contributed by atoms with van der Waals surface area (Å²) in [5.41, 5.74) is 0.714. The van der Waals surface area contributed by atoms with Crippen molar-refractivity contribution in [1.29, 1.82) is 0 Å². The van der Waals surface area contributed by atoms with Crippen LogP contribution in [0.2, 0.25) is 0 Å². The van der Waals surface area contributed by atoms with Crippen molar-refractivity contribution in [1.82, 2.24) is 10.6 Å². The van der Waals surface area contributed by atoms with Crippen molar-refractivity contribution in [3.05, 3.63) is 65.5 Å². The second-order valence-corrected chi connectivity index (χ2v) is 10.5. The SMILES string of the molecule is CC(C)(C)C(=O)OC[C@H](NC(=S)NCc1ccc(NS(C)(=O)=O)c(F)c1)c1ccccc1. The molecule has 0 aliphatic heterocycles. The zero-order valence-electron chi connectivity index (χ0n) is 18.4. The predicted molar refractivity (Wildman–Crippen MR) is 127 cm³/mol. The van der Waals surface area contributed by atoms with Crippen LogP contribution in [0.3, 0.4) is 0 Å². The Hall–Kier alpha value is -2.72. The van der Waals surface area contributed by atoms with Gasteiger partial charge in [0.25, 0.3) is 0 Å². The summed E-state index contributed by atoms with van der Waals surface area (Å²) in [6.07, 6.45) is 0.952. The van der Waals surface area contributed by atoms with Crippen LogP contribution in [0.15, 0.2) is 48.5 Å². The summed E-state index contributed by atoms with van der Waals surface area (Å²) >= 11 is 5.36. The summed E-state index contributed by atoms with van der Waals surface area (Å²) in [6, 6.07) is 13.2. The van der Waals surface area contributed by atoms with E-state index in [2.05, 4.69) is 15.4 Å². The number of hydrogen-bond donors (Lipinski definition) is 3. The summed E-state index contributed by atoms with van der Waals surface area (Å²) in [5, 5.41) is 6.41. The van der Waals surface area contributed by atoms with E-state index in [1.165, 1.54) is 12.1 Å². The van der Waals surface area contributed by atoms with Gasteiger partial charge in [-0.3, -0.25) is 9.52 Å². The minimum absolute atomic E-state index is 0.0857. The highest BCUT2D eigenvalue weighted by Crippen LogP contribution is 2.19. The Morgan fingerprint density at radius 2 is 1.81 bits per heavy atom. The van der Waals surface area contributed by atoms with Gasteiger partial charge in [-0.05, 0) is 56.2 Å². The first-order chi connectivity index (χ1) is 14.8. The Balaban J connectivity index is 2.01. The van der Waals surface area contributed by atoms with E-state index < -0.39 is 21.3 Å². The molecule has 174 valence electrons. The van der Waals surface area contributed by atoms with Crippen LogP contribution in [-0.2, 0) is 26.1 Å². The number of anilines is 1. The molecule has 3 N–H and O–H groups in total. The lowest BCUT2D eigenvalue weighted by Crippen LogP contribution is -2.40. The van der Waals surface area contributed by atoms with Crippen molar-refractivity contribution in [2.45, 2.75) is 33.4 Å². The van der Waals surface area contributed by atoms with Crippen LogP contribution in [0.25, 0.3) is 0 Å². The van der Waals surface area contributed by atoms with Crippen LogP contribution in [0, 0.1) is 11.2 Å². The van der Waals surface area contributed by atoms with Gasteiger partial charge in [0.1, 0.15) is 12.4 Å². The molecule has 0 saturated carbocycles. The summed E-state index contributed by atoms with van der Waals surface area (Å²) in [7, 11) is -3.57. The lowest BCUT2D eigenvalue weighted by atomic mass is 9.97. The van der Waals surface area contributed by atoms with E-state index in [0.29, 0.717) is 10.7 Å². The van der Waals surface area contributed by atoms with Crippen LogP contribution in [-0.4, -0.2) is 32.4 Å². The van der Waals surface area contributed by atoms with Gasteiger partial charge < -0.3 is 15.4 Å². The lowest BCUT2D eigenvalue weighted by molar-refractivity contribution is -0.153. The quantitative estimate of drug-likeness (QED) is 0.392. The number of ether oxygens (including phenoxy) is 1. The van der Waals surface area contributed by atoms with Gasteiger partial charge in [-0.2, -0.15) is 0 Å². The average molecular weight is 482 g/mol. The molecule has 2 aromatic carbocycles. The van der Waals surface area contributed by atoms with Crippen LogP contribution in [0.4, 0.5) is 10.1 Å². The normalized spacial score (nSPS) is 12.5. The van der Waals surface area contributed by atoms with E-state index in [1.54, 1.807) is 26.8 Å². The molecule has 32 heavy (non-hydrogen) atoms. The summed E-state index contributed by atoms with van der Waals surface area (Å²) in [4.78, 5) is 12.2. The van der Waals surface area contributed by atoms with Crippen molar-refractivity contribution in [2.24, 2.45) is 5.41 Å². The number of esters is 1. The third-order valence-electron chi connectivity index (χ3n) is 4.28. The van der Waals surface area contributed by atoms with Gasteiger partial charge in [0.05, 0.1) is 23.4 Å². The van der Waals surface area contributed by atoms with Crippen LogP contribution in [0.5, 0.6) is 0 Å². The fraction of sp³-hybridized carbons (Fsp3) is 0.364. The number of hydrogen-bond acceptors (Lipinski definition) is 5. The molecule has 0 amide bonds. The molecule has 0 heterocycles. The Kier molecular flexibility index (Phi) is 8.57. The molecule has 7 nitrogen and oxygen atoms in total. The first-order valence-corrected chi connectivity index (χ1v) is 12.2. The van der Waals surface area contributed by atoms with E-state index in [-0.39, 0.29) is 30.9 Å². The van der Waals surface area contributed by atoms with Crippen molar-refractivity contribution in [3.8, 4) is 0 Å². The van der Waals surface area contributed by atoms with Crippen molar-refractivity contribution in [2.75, 3.05) is 17.6 Å². The molecule has 0 saturated heterocycles. The predicted octanol–water partition coefficient (Wildman–Crippen LogP) is 3.49. The first kappa shape index (κ1) is 25.5. The Morgan fingerprint density at radius 3 is 2.38 bits per heavy atom. The van der Waals surface area contributed by atoms with Gasteiger partial charge >= 0.3 is 5.97 Å². The van der Waals surface area contributed by atoms with E-state index in [9.17, 15) is 17.6 Å². The smallest absolute Gasteiger partial charge is 0.311 e. The molecule has 0 radical (unpaired) electrons. The first-order valence-electron chi connectivity index (χ1n) is 9.88. The fourth-order valence-corrected chi connectivity index (χ4v) is 3.40. The maximum Gasteiger partial charge on any atom is 0.311 e. The third-order valence-corrected chi connectivity index (χ3v) is 5.14. The molecule has 0 aromatic heterocycles. The summed E-state index contributed by atoms with van der Waals surface area (Å²) in [6.45, 7) is 5.64. The number of benzene rings is 2. The van der Waals surface area contributed by atoms with Crippen molar-refractivity contribution < 1.29 is 22.3 Å². The van der Waals surface area contributed by atoms with Crippen molar-refractivity contribution in [3.63, 3.8) is 0 Å². The van der Waals surface area contributed by atoms with E-state index in [1.807, 2.05) is 30.3 Å². The van der Waals surface area contributed by atoms with E-state index >= 15 is 0 Å². The largest absolute Gasteiger partial charge is 0.463 e. The number of halogens is 1. The molecular formula is C22H28FN3O4S2. The molecule has 2 rings (SSSR count). The number of carbonyl (C=O) groups is 1. The molecule has 0 unspecified atom stereocenters. The van der Waals surface area contributed by atoms with Crippen molar-refractivity contribution >= 4 is 39.0 Å². The lowest BCUT2D eigenvalue weighted by Gasteiger charge is -2.24. The topological polar surface area (TPSA) is 96.5 Å². The number of carbonyl (C=O) groups excluding carboxylic acids is 1. The van der Waals surface area contributed by atoms with Crippen LogP contribution < -0.4 is 15.4 Å². The molecule has 0 fully saturated rings.